The summed E-state index contributed by atoms with van der Waals surface area (Å²) in [5.41, 5.74) is 18.8. The molecule has 0 radical (unpaired) electrons. The van der Waals surface area contributed by atoms with Gasteiger partial charge in [0.2, 0.25) is 0 Å². The molecule has 2 heterocycles. The molecule has 0 amide bonds. The van der Waals surface area contributed by atoms with Crippen LogP contribution in [0, 0.1) is 0 Å². The molecule has 5 aromatic carbocycles. The van der Waals surface area contributed by atoms with Gasteiger partial charge in [-0.2, -0.15) is 0 Å². The number of hydrogen-bond donors (Lipinski definition) is 0. The summed E-state index contributed by atoms with van der Waals surface area (Å²) in [5, 5.41) is 0. The molecule has 402 valence electrons. The predicted molar refractivity (Wildman–Crippen MR) is 341 cm³/mol. The zero-order chi connectivity index (χ0) is 52.7. The Balaban J connectivity index is 1.17. The third-order valence-corrected chi connectivity index (χ3v) is 20.8. The van der Waals surface area contributed by atoms with E-state index in [-0.39, 0.29) is 0 Å². The first kappa shape index (κ1) is 57.2. The molecule has 2 aliphatic rings. The van der Waals surface area contributed by atoms with E-state index in [9.17, 15) is 0 Å². The fourth-order valence-electron chi connectivity index (χ4n) is 13.3. The number of thiophene rings is 2. The van der Waals surface area contributed by atoms with Crippen LogP contribution in [-0.4, -0.2) is 0 Å². The highest BCUT2D eigenvalue weighted by atomic mass is 79.9. The van der Waals surface area contributed by atoms with Crippen molar-refractivity contribution >= 4 is 54.5 Å². The van der Waals surface area contributed by atoms with E-state index < -0.39 is 10.8 Å². The van der Waals surface area contributed by atoms with Crippen LogP contribution in [0.5, 0.6) is 0 Å². The van der Waals surface area contributed by atoms with Gasteiger partial charge in [0.1, 0.15) is 0 Å². The monoisotopic (exact) mass is 1170 g/mol. The first-order chi connectivity index (χ1) is 37.4. The van der Waals surface area contributed by atoms with Crippen molar-refractivity contribution in [3.05, 3.63) is 196 Å². The minimum atomic E-state index is -0.476. The Hall–Kier alpha value is -3.54. The second-order valence-corrected chi connectivity index (χ2v) is 27.8. The van der Waals surface area contributed by atoms with E-state index in [4.69, 9.17) is 0 Å². The predicted octanol–water partition coefficient (Wildman–Crippen LogP) is 23.7. The Labute approximate surface area is 485 Å². The van der Waals surface area contributed by atoms with Gasteiger partial charge in [0.25, 0.3) is 0 Å². The number of benzene rings is 5. The minimum Gasteiger partial charge on any atom is -0.128 e. The van der Waals surface area contributed by atoms with Crippen LogP contribution in [0.15, 0.2) is 129 Å². The number of halogens is 2. The summed E-state index contributed by atoms with van der Waals surface area (Å²) in [7, 11) is 0. The summed E-state index contributed by atoms with van der Waals surface area (Å²) in [6.45, 7) is 9.25. The summed E-state index contributed by atoms with van der Waals surface area (Å²) in [6, 6.07) is 50.1. The average Bonchev–Trinajstić information content (AvgIpc) is 4.37. The van der Waals surface area contributed by atoms with Gasteiger partial charge in [-0.3, -0.25) is 0 Å². The molecule has 4 heteroatoms. The van der Waals surface area contributed by atoms with E-state index in [1.54, 1.807) is 0 Å². The van der Waals surface area contributed by atoms with E-state index >= 15 is 0 Å². The Kier molecular flexibility index (Phi) is 21.1. The molecular weight excluding hydrogens is 1090 g/mol. The lowest BCUT2D eigenvalue weighted by Crippen LogP contribution is -2.30. The van der Waals surface area contributed by atoms with Gasteiger partial charge >= 0.3 is 0 Å². The first-order valence-electron chi connectivity index (χ1n) is 30.5. The molecule has 0 bridgehead atoms. The Morgan fingerprint density at radius 1 is 0.289 bits per heavy atom. The molecule has 9 rings (SSSR count). The van der Waals surface area contributed by atoms with Crippen LogP contribution >= 0.6 is 54.5 Å². The van der Waals surface area contributed by atoms with Gasteiger partial charge in [0.05, 0.1) is 18.4 Å². The fraction of sp³-hybridized carbons (Fsp3) is 0.472. The quantitative estimate of drug-likeness (QED) is 0.0369. The van der Waals surface area contributed by atoms with E-state index in [1.807, 2.05) is 22.7 Å². The normalized spacial score (nSPS) is 13.8. The van der Waals surface area contributed by atoms with Crippen molar-refractivity contribution in [3.63, 3.8) is 0 Å². The number of unbranched alkanes of at least 4 members (excludes halogenated alkanes) is 20. The van der Waals surface area contributed by atoms with Gasteiger partial charge in [0.15, 0.2) is 0 Å². The molecule has 0 nitrogen and oxygen atoms in total. The summed E-state index contributed by atoms with van der Waals surface area (Å²) in [4.78, 5) is 2.79. The van der Waals surface area contributed by atoms with Crippen molar-refractivity contribution in [1.82, 2.24) is 0 Å². The lowest BCUT2D eigenvalue weighted by atomic mass is 9.65. The molecule has 76 heavy (non-hydrogen) atoms. The molecule has 2 aromatic heterocycles. The molecular formula is C72H88Br2S2. The molecule has 0 fully saturated rings. The number of aryl methyl sites for hydroxylation is 4. The topological polar surface area (TPSA) is 0 Å². The zero-order valence-electron chi connectivity index (χ0n) is 46.9. The van der Waals surface area contributed by atoms with Gasteiger partial charge < -0.3 is 0 Å². The van der Waals surface area contributed by atoms with Crippen molar-refractivity contribution < 1.29 is 0 Å². The van der Waals surface area contributed by atoms with Crippen molar-refractivity contribution in [2.75, 3.05) is 0 Å². The van der Waals surface area contributed by atoms with Crippen molar-refractivity contribution in [1.29, 1.82) is 0 Å². The van der Waals surface area contributed by atoms with Gasteiger partial charge in [-0.25, -0.2) is 0 Å². The van der Waals surface area contributed by atoms with Crippen LogP contribution in [0.25, 0.3) is 20.9 Å². The molecule has 0 unspecified atom stereocenters. The smallest absolute Gasteiger partial charge is 0.0722 e. The zero-order valence-corrected chi connectivity index (χ0v) is 51.7. The van der Waals surface area contributed by atoms with Crippen molar-refractivity contribution in [2.45, 2.75) is 218 Å². The number of rotatable bonds is 32. The third-order valence-electron chi connectivity index (χ3n) is 17.5. The highest BCUT2D eigenvalue weighted by Crippen LogP contribution is 2.65. The van der Waals surface area contributed by atoms with Crippen LogP contribution in [0.3, 0.4) is 0 Å². The summed E-state index contributed by atoms with van der Waals surface area (Å²) in [5.74, 6) is 0. The third kappa shape index (κ3) is 12.6. The second-order valence-electron chi connectivity index (χ2n) is 22.9. The molecule has 0 saturated carbocycles. The first-order valence-corrected chi connectivity index (χ1v) is 33.8. The summed E-state index contributed by atoms with van der Waals surface area (Å²) in [6.07, 6.45) is 36.3. The van der Waals surface area contributed by atoms with E-state index in [2.05, 4.69) is 181 Å². The largest absolute Gasteiger partial charge is 0.128 e. The summed E-state index contributed by atoms with van der Waals surface area (Å²) >= 11 is 12.1. The highest BCUT2D eigenvalue weighted by molar-refractivity contribution is 9.11. The minimum absolute atomic E-state index is 0.476. The van der Waals surface area contributed by atoms with E-state index in [0.29, 0.717) is 0 Å². The summed E-state index contributed by atoms with van der Waals surface area (Å²) < 4.78 is 2.40. The molecule has 0 spiro atoms. The highest BCUT2D eigenvalue weighted by Gasteiger charge is 2.53. The Morgan fingerprint density at radius 2 is 0.526 bits per heavy atom. The molecule has 7 aromatic rings. The van der Waals surface area contributed by atoms with Crippen LogP contribution in [0.4, 0.5) is 0 Å². The Morgan fingerprint density at radius 3 is 0.776 bits per heavy atom. The lowest BCUT2D eigenvalue weighted by molar-refractivity contribution is 0.607. The van der Waals surface area contributed by atoms with Gasteiger partial charge in [-0.1, -0.05) is 253 Å². The molecule has 2 aliphatic carbocycles. The maximum absolute atomic E-state index is 4.11. The van der Waals surface area contributed by atoms with E-state index in [1.165, 1.54) is 249 Å². The van der Waals surface area contributed by atoms with Crippen LogP contribution in [0.1, 0.15) is 249 Å². The van der Waals surface area contributed by atoms with Crippen molar-refractivity contribution in [2.24, 2.45) is 0 Å². The van der Waals surface area contributed by atoms with Crippen LogP contribution in [-0.2, 0) is 36.5 Å². The van der Waals surface area contributed by atoms with Crippen molar-refractivity contribution in [3.8, 4) is 20.9 Å². The molecule has 0 atom stereocenters. The lowest BCUT2D eigenvalue weighted by Gasteiger charge is -2.35. The molecule has 0 aliphatic heterocycles. The van der Waals surface area contributed by atoms with Gasteiger partial charge in [-0.15, -0.1) is 22.7 Å². The maximum atomic E-state index is 4.11. The van der Waals surface area contributed by atoms with Crippen LogP contribution in [0.2, 0.25) is 0 Å². The van der Waals surface area contributed by atoms with Gasteiger partial charge in [0, 0.05) is 9.75 Å². The maximum Gasteiger partial charge on any atom is 0.0722 e. The molecule has 0 N–H and O–H groups in total. The standard InChI is InChI=1S/C72H88Br2S2/c1-5-9-13-17-21-25-29-53-33-41-57(42-34-53)71(58-43-35-54(36-44-58)30-26-22-18-14-10-6-2)63-49-62-64(50-61(63)69-65(71)51-67(73)75-69)72(66-52-68(74)76-70(62)66,59-45-37-55(38-46-59)31-27-23-19-15-11-7-3)60-47-39-56(40-48-60)32-28-24-20-16-12-8-4/h33-52H,5-32H2,1-4H3. The number of fused-ring (bicyclic) bond motifs is 6. The van der Waals surface area contributed by atoms with E-state index in [0.717, 1.165) is 25.7 Å². The Bertz CT molecular complexity index is 2560. The average molecular weight is 1180 g/mol. The number of hydrogen-bond acceptors (Lipinski definition) is 2. The van der Waals surface area contributed by atoms with Gasteiger partial charge in [-0.05, 0) is 185 Å². The molecule has 0 saturated heterocycles. The SMILES string of the molecule is CCCCCCCCc1ccc(C2(c3ccc(CCCCCCCC)cc3)c3cc4c(cc3-c3sc(Br)cc32)C(c2ccc(CCCCCCCC)cc2)(c2ccc(CCCCCCCC)cc2)c2cc(Br)sc2-4)cc1. The fourth-order valence-corrected chi connectivity index (χ4v) is 16.6. The van der Waals surface area contributed by atoms with Crippen LogP contribution < -0.4 is 0 Å². The second kappa shape index (κ2) is 28.1.